The third-order valence-electron chi connectivity index (χ3n) is 5.30. The first-order valence-corrected chi connectivity index (χ1v) is 10.5. The Hall–Kier alpha value is -4.18. The lowest BCUT2D eigenvalue weighted by Crippen LogP contribution is -2.49. The number of hydrogen-bond acceptors (Lipinski definition) is 7. The van der Waals surface area contributed by atoms with Crippen molar-refractivity contribution in [1.82, 2.24) is 4.90 Å². The molecule has 10 nitrogen and oxygen atoms in total. The van der Waals surface area contributed by atoms with E-state index in [9.17, 15) is 24.5 Å². The van der Waals surface area contributed by atoms with Crippen LogP contribution in [0.25, 0.3) is 0 Å². The fourth-order valence-electron chi connectivity index (χ4n) is 3.63. The molecular weight excluding hydrogens is 466 g/mol. The van der Waals surface area contributed by atoms with Crippen LogP contribution in [0, 0.1) is 10.1 Å². The molecule has 1 aliphatic heterocycles. The Balaban J connectivity index is 1.44. The summed E-state index contributed by atoms with van der Waals surface area (Å²) in [6.07, 6.45) is 1.59. The van der Waals surface area contributed by atoms with Gasteiger partial charge in [-0.25, -0.2) is 4.79 Å². The summed E-state index contributed by atoms with van der Waals surface area (Å²) in [5, 5.41) is 13.2. The third kappa shape index (κ3) is 4.91. The lowest BCUT2D eigenvalue weighted by molar-refractivity contribution is -0.384. The van der Waals surface area contributed by atoms with E-state index in [0.717, 1.165) is 17.2 Å². The number of nitrogens with zero attached hydrogens (tertiary/aromatic N) is 2. The number of furan rings is 1. The van der Waals surface area contributed by atoms with Crippen LogP contribution in [-0.2, 0) is 27.3 Å². The summed E-state index contributed by atoms with van der Waals surface area (Å²) in [6.45, 7) is -0.451. The molecule has 34 heavy (non-hydrogen) atoms. The predicted octanol–water partition coefficient (Wildman–Crippen LogP) is 3.59. The molecule has 2 amide bonds. The van der Waals surface area contributed by atoms with Crippen LogP contribution in [0.2, 0.25) is 5.02 Å². The van der Waals surface area contributed by atoms with Gasteiger partial charge in [0.25, 0.3) is 17.5 Å². The molecule has 4 rings (SSSR count). The van der Waals surface area contributed by atoms with Gasteiger partial charge in [-0.15, -0.1) is 0 Å². The lowest BCUT2D eigenvalue weighted by atomic mass is 9.93. The molecule has 0 fully saturated rings. The first kappa shape index (κ1) is 23.0. The zero-order chi connectivity index (χ0) is 24.2. The van der Waals surface area contributed by atoms with Crippen LogP contribution in [0.1, 0.15) is 21.7 Å². The second-order valence-corrected chi connectivity index (χ2v) is 7.88. The van der Waals surface area contributed by atoms with E-state index in [1.807, 2.05) is 24.3 Å². The van der Waals surface area contributed by atoms with Gasteiger partial charge in [0.1, 0.15) is 6.04 Å². The van der Waals surface area contributed by atoms with Gasteiger partial charge in [0.05, 0.1) is 21.9 Å². The minimum absolute atomic E-state index is 0.0343. The summed E-state index contributed by atoms with van der Waals surface area (Å²) in [5.41, 5.74) is 1.70. The summed E-state index contributed by atoms with van der Waals surface area (Å²) in [7, 11) is 0. The number of non-ortho nitro benzene ring substituents is 1. The second-order valence-electron chi connectivity index (χ2n) is 7.48. The van der Waals surface area contributed by atoms with Crippen molar-refractivity contribution in [2.45, 2.75) is 19.0 Å². The number of anilines is 1. The quantitative estimate of drug-likeness (QED) is 0.322. The second kappa shape index (κ2) is 9.75. The maximum absolute atomic E-state index is 13.0. The number of carbonyl (C=O) groups excluding carboxylic acids is 3. The molecule has 1 N–H and O–H groups in total. The van der Waals surface area contributed by atoms with Gasteiger partial charge in [0.2, 0.25) is 0 Å². The van der Waals surface area contributed by atoms with Crippen LogP contribution in [0.3, 0.4) is 0 Å². The van der Waals surface area contributed by atoms with E-state index in [-0.39, 0.29) is 35.1 Å². The van der Waals surface area contributed by atoms with Crippen LogP contribution in [-0.4, -0.2) is 40.3 Å². The number of carbonyl (C=O) groups is 3. The van der Waals surface area contributed by atoms with Crippen LogP contribution in [0.15, 0.2) is 65.3 Å². The highest BCUT2D eigenvalue weighted by Gasteiger charge is 2.37. The average molecular weight is 484 g/mol. The Kier molecular flexibility index (Phi) is 6.60. The molecule has 0 radical (unpaired) electrons. The molecule has 1 atom stereocenters. The van der Waals surface area contributed by atoms with Gasteiger partial charge in [-0.3, -0.25) is 19.7 Å². The summed E-state index contributed by atoms with van der Waals surface area (Å²) >= 11 is 5.97. The summed E-state index contributed by atoms with van der Waals surface area (Å²) in [6, 6.07) is 13.1. The zero-order valence-electron chi connectivity index (χ0n) is 17.6. The van der Waals surface area contributed by atoms with E-state index in [1.165, 1.54) is 29.4 Å². The molecule has 2 aromatic carbocycles. The number of esters is 1. The van der Waals surface area contributed by atoms with E-state index >= 15 is 0 Å². The molecule has 1 unspecified atom stereocenters. The number of rotatable bonds is 6. The topological polar surface area (TPSA) is 132 Å². The number of fused-ring (bicyclic) bond motifs is 1. The Morgan fingerprint density at radius 2 is 1.91 bits per heavy atom. The SMILES string of the molecule is O=C(COC(=O)C1Cc2ccccc2CN1C(=O)c1ccco1)Nc1ccc([N+](=O)[O-])cc1Cl. The molecule has 0 bridgehead atoms. The third-order valence-corrected chi connectivity index (χ3v) is 5.61. The van der Waals surface area contributed by atoms with Gasteiger partial charge >= 0.3 is 5.97 Å². The molecule has 3 aromatic rings. The molecule has 11 heteroatoms. The van der Waals surface area contributed by atoms with Gasteiger partial charge in [-0.2, -0.15) is 0 Å². The molecule has 0 saturated heterocycles. The van der Waals surface area contributed by atoms with Crippen LogP contribution in [0.5, 0.6) is 0 Å². The normalized spacial score (nSPS) is 14.7. The maximum atomic E-state index is 13.0. The van der Waals surface area contributed by atoms with Crippen molar-refractivity contribution in [3.05, 3.63) is 92.9 Å². The van der Waals surface area contributed by atoms with Crippen LogP contribution >= 0.6 is 11.6 Å². The molecule has 174 valence electrons. The molecule has 0 aliphatic carbocycles. The van der Waals surface area contributed by atoms with Crippen molar-refractivity contribution in [2.24, 2.45) is 0 Å². The van der Waals surface area contributed by atoms with E-state index in [0.29, 0.717) is 0 Å². The van der Waals surface area contributed by atoms with Gasteiger partial charge in [-0.05, 0) is 29.3 Å². The van der Waals surface area contributed by atoms with Crippen LogP contribution in [0.4, 0.5) is 11.4 Å². The van der Waals surface area contributed by atoms with Crippen molar-refractivity contribution in [3.8, 4) is 0 Å². The highest BCUT2D eigenvalue weighted by Crippen LogP contribution is 2.27. The standard InChI is InChI=1S/C23H18ClN3O7/c24-17-11-16(27(31)32)7-8-18(17)25-21(28)13-34-23(30)19-10-14-4-1-2-5-15(14)12-26(19)22(29)20-6-3-9-33-20/h1-9,11,19H,10,12-13H2,(H,25,28). The minimum Gasteiger partial charge on any atom is -0.459 e. The van der Waals surface area contributed by atoms with Crippen molar-refractivity contribution < 1.29 is 28.5 Å². The number of benzene rings is 2. The first-order chi connectivity index (χ1) is 16.3. The van der Waals surface area contributed by atoms with E-state index in [4.69, 9.17) is 20.8 Å². The Morgan fingerprint density at radius 1 is 1.15 bits per heavy atom. The number of hydrogen-bond donors (Lipinski definition) is 1. The van der Waals surface area contributed by atoms with Crippen LogP contribution < -0.4 is 5.32 Å². The largest absolute Gasteiger partial charge is 0.459 e. The average Bonchev–Trinajstić information content (AvgIpc) is 3.37. The van der Waals surface area contributed by atoms with E-state index < -0.39 is 35.4 Å². The molecule has 1 aliphatic rings. The fourth-order valence-corrected chi connectivity index (χ4v) is 3.85. The summed E-state index contributed by atoms with van der Waals surface area (Å²) in [5.74, 6) is -1.82. The van der Waals surface area contributed by atoms with Crippen molar-refractivity contribution >= 4 is 40.8 Å². The number of nitrogens with one attached hydrogen (secondary N) is 1. The van der Waals surface area contributed by atoms with Gasteiger partial charge in [0.15, 0.2) is 12.4 Å². The summed E-state index contributed by atoms with van der Waals surface area (Å²) < 4.78 is 10.4. The smallest absolute Gasteiger partial charge is 0.329 e. The Morgan fingerprint density at radius 3 is 2.59 bits per heavy atom. The number of halogens is 1. The molecule has 2 heterocycles. The van der Waals surface area contributed by atoms with Crippen molar-refractivity contribution in [2.75, 3.05) is 11.9 Å². The first-order valence-electron chi connectivity index (χ1n) is 10.1. The number of nitro benzene ring substituents is 1. The molecule has 1 aromatic heterocycles. The van der Waals surface area contributed by atoms with Gasteiger partial charge in [-0.1, -0.05) is 35.9 Å². The lowest BCUT2D eigenvalue weighted by Gasteiger charge is -2.34. The monoisotopic (exact) mass is 483 g/mol. The van der Waals surface area contributed by atoms with E-state index in [2.05, 4.69) is 5.32 Å². The van der Waals surface area contributed by atoms with Gasteiger partial charge < -0.3 is 19.4 Å². The van der Waals surface area contributed by atoms with Crippen molar-refractivity contribution in [1.29, 1.82) is 0 Å². The number of nitro groups is 1. The maximum Gasteiger partial charge on any atom is 0.329 e. The Labute approximate surface area is 198 Å². The molecular formula is C23H18ClN3O7. The summed E-state index contributed by atoms with van der Waals surface area (Å²) in [4.78, 5) is 49.7. The van der Waals surface area contributed by atoms with E-state index in [1.54, 1.807) is 6.07 Å². The van der Waals surface area contributed by atoms with Gasteiger partial charge in [0, 0.05) is 25.1 Å². The zero-order valence-corrected chi connectivity index (χ0v) is 18.4. The van der Waals surface area contributed by atoms with Crippen molar-refractivity contribution in [3.63, 3.8) is 0 Å². The Bertz CT molecular complexity index is 1260. The molecule has 0 spiro atoms. The fraction of sp³-hybridized carbons (Fsp3) is 0.174. The highest BCUT2D eigenvalue weighted by molar-refractivity contribution is 6.34. The molecule has 0 saturated carbocycles. The number of ether oxygens (including phenoxy) is 1. The highest BCUT2D eigenvalue weighted by atomic mass is 35.5. The minimum atomic E-state index is -0.955. The number of amides is 2. The predicted molar refractivity (Wildman–Crippen MR) is 120 cm³/mol.